The highest BCUT2D eigenvalue weighted by Crippen LogP contribution is 2.12. The number of amides is 1. The average molecular weight is 264 g/mol. The third-order valence-corrected chi connectivity index (χ3v) is 2.37. The molecule has 0 aromatic heterocycles. The van der Waals surface area contributed by atoms with Gasteiger partial charge in [0, 0.05) is 12.5 Å². The molecule has 0 fully saturated rings. The van der Waals surface area contributed by atoms with E-state index in [1.165, 1.54) is 0 Å². The molecule has 19 heavy (non-hydrogen) atoms. The van der Waals surface area contributed by atoms with Crippen LogP contribution in [0.15, 0.2) is 29.4 Å². The van der Waals surface area contributed by atoms with E-state index < -0.39 is 0 Å². The molecule has 0 aliphatic heterocycles. The van der Waals surface area contributed by atoms with Gasteiger partial charge in [-0.15, -0.1) is 0 Å². The zero-order valence-corrected chi connectivity index (χ0v) is 11.5. The van der Waals surface area contributed by atoms with Crippen LogP contribution in [-0.4, -0.2) is 29.5 Å². The third-order valence-electron chi connectivity index (χ3n) is 2.37. The van der Waals surface area contributed by atoms with E-state index in [0.717, 1.165) is 5.56 Å². The van der Waals surface area contributed by atoms with Crippen molar-refractivity contribution in [2.45, 2.75) is 33.2 Å². The number of nitrogens with zero attached hydrogens (tertiary/aromatic N) is 1. The lowest BCUT2D eigenvalue weighted by Gasteiger charge is -2.10. The number of hydrogen-bond donors (Lipinski definition) is 2. The molecule has 0 spiro atoms. The summed E-state index contributed by atoms with van der Waals surface area (Å²) in [5.74, 6) is 0.503. The maximum absolute atomic E-state index is 11.4. The van der Waals surface area contributed by atoms with Crippen molar-refractivity contribution in [1.29, 1.82) is 0 Å². The molecule has 1 amide bonds. The van der Waals surface area contributed by atoms with E-state index in [-0.39, 0.29) is 18.6 Å². The number of nitrogens with one attached hydrogen (secondary N) is 1. The van der Waals surface area contributed by atoms with Crippen LogP contribution in [0.1, 0.15) is 26.3 Å². The molecule has 0 heterocycles. The fourth-order valence-electron chi connectivity index (χ4n) is 1.55. The van der Waals surface area contributed by atoms with Crippen molar-refractivity contribution in [3.8, 4) is 5.75 Å². The normalized spacial score (nSPS) is 11.5. The minimum absolute atomic E-state index is 0.00858. The van der Waals surface area contributed by atoms with E-state index >= 15 is 0 Å². The van der Waals surface area contributed by atoms with Gasteiger partial charge in [-0.05, 0) is 38.5 Å². The summed E-state index contributed by atoms with van der Waals surface area (Å²) in [6.45, 7) is 5.56. The molecule has 0 aliphatic rings. The molecule has 5 heteroatoms. The SMILES string of the molecule is C/C(Cc1ccc(OCC(=O)NC(C)C)cc1)=N\O. The molecule has 2 N–H and O–H groups in total. The second-order valence-electron chi connectivity index (χ2n) is 4.67. The van der Waals surface area contributed by atoms with Crippen molar-refractivity contribution >= 4 is 11.6 Å². The Hall–Kier alpha value is -2.04. The summed E-state index contributed by atoms with van der Waals surface area (Å²) in [5, 5.41) is 14.5. The summed E-state index contributed by atoms with van der Waals surface area (Å²) in [6.07, 6.45) is 0.588. The molecular formula is C14H20N2O3. The van der Waals surface area contributed by atoms with Crippen LogP contribution < -0.4 is 10.1 Å². The maximum atomic E-state index is 11.4. The van der Waals surface area contributed by atoms with Gasteiger partial charge >= 0.3 is 0 Å². The van der Waals surface area contributed by atoms with E-state index in [4.69, 9.17) is 9.94 Å². The molecule has 0 unspecified atom stereocenters. The van der Waals surface area contributed by atoms with Crippen LogP contribution in [0.25, 0.3) is 0 Å². The first-order valence-electron chi connectivity index (χ1n) is 6.20. The van der Waals surface area contributed by atoms with Crippen LogP contribution in [0.4, 0.5) is 0 Å². The summed E-state index contributed by atoms with van der Waals surface area (Å²) in [4.78, 5) is 11.4. The van der Waals surface area contributed by atoms with Crippen molar-refractivity contribution in [3.05, 3.63) is 29.8 Å². The molecule has 0 aliphatic carbocycles. The predicted octanol–water partition coefficient (Wildman–Crippen LogP) is 1.98. The number of rotatable bonds is 6. The van der Waals surface area contributed by atoms with Gasteiger partial charge in [0.05, 0.1) is 5.71 Å². The summed E-state index contributed by atoms with van der Waals surface area (Å²) >= 11 is 0. The summed E-state index contributed by atoms with van der Waals surface area (Å²) < 4.78 is 5.36. The molecule has 0 saturated carbocycles. The Morgan fingerprint density at radius 2 is 2.00 bits per heavy atom. The maximum Gasteiger partial charge on any atom is 0.258 e. The lowest BCUT2D eigenvalue weighted by atomic mass is 10.1. The molecule has 0 atom stereocenters. The second kappa shape index (κ2) is 7.41. The molecule has 0 radical (unpaired) electrons. The first kappa shape index (κ1) is 15.0. The minimum atomic E-state index is -0.137. The predicted molar refractivity (Wildman–Crippen MR) is 73.8 cm³/mol. The van der Waals surface area contributed by atoms with Gasteiger partial charge in [-0.2, -0.15) is 0 Å². The highest BCUT2D eigenvalue weighted by atomic mass is 16.5. The van der Waals surface area contributed by atoms with Crippen molar-refractivity contribution in [1.82, 2.24) is 5.32 Å². The summed E-state index contributed by atoms with van der Waals surface area (Å²) in [5.41, 5.74) is 1.67. The van der Waals surface area contributed by atoms with Crippen molar-refractivity contribution in [2.24, 2.45) is 5.16 Å². The molecule has 0 bridgehead atoms. The van der Waals surface area contributed by atoms with Crippen LogP contribution in [0, 0.1) is 0 Å². The number of carbonyl (C=O) groups excluding carboxylic acids is 1. The van der Waals surface area contributed by atoms with Crippen LogP contribution in [0.5, 0.6) is 5.75 Å². The van der Waals surface area contributed by atoms with Gasteiger partial charge in [-0.1, -0.05) is 17.3 Å². The fraction of sp³-hybridized carbons (Fsp3) is 0.429. The smallest absolute Gasteiger partial charge is 0.258 e. The van der Waals surface area contributed by atoms with E-state index in [1.54, 1.807) is 19.1 Å². The number of ether oxygens (including phenoxy) is 1. The third kappa shape index (κ3) is 5.90. The fourth-order valence-corrected chi connectivity index (χ4v) is 1.55. The molecule has 1 aromatic rings. The Morgan fingerprint density at radius 1 is 1.37 bits per heavy atom. The monoisotopic (exact) mass is 264 g/mol. The quantitative estimate of drug-likeness (QED) is 0.469. The van der Waals surface area contributed by atoms with Crippen LogP contribution in [0.2, 0.25) is 0 Å². The second-order valence-corrected chi connectivity index (χ2v) is 4.67. The Labute approximate surface area is 113 Å². The Kier molecular flexibility index (Phi) is 5.85. The van der Waals surface area contributed by atoms with Gasteiger partial charge < -0.3 is 15.3 Å². The van der Waals surface area contributed by atoms with Gasteiger partial charge in [0.1, 0.15) is 5.75 Å². The van der Waals surface area contributed by atoms with Gasteiger partial charge in [0.2, 0.25) is 0 Å². The first-order chi connectivity index (χ1) is 9.01. The molecule has 1 aromatic carbocycles. The molecule has 1 rings (SSSR count). The van der Waals surface area contributed by atoms with Crippen LogP contribution in [-0.2, 0) is 11.2 Å². The summed E-state index contributed by atoms with van der Waals surface area (Å²) in [7, 11) is 0. The van der Waals surface area contributed by atoms with Crippen molar-refractivity contribution in [3.63, 3.8) is 0 Å². The van der Waals surface area contributed by atoms with Gasteiger partial charge in [0.25, 0.3) is 5.91 Å². The van der Waals surface area contributed by atoms with Gasteiger partial charge in [-0.25, -0.2) is 0 Å². The first-order valence-corrected chi connectivity index (χ1v) is 6.20. The van der Waals surface area contributed by atoms with E-state index in [0.29, 0.717) is 17.9 Å². The highest BCUT2D eigenvalue weighted by molar-refractivity contribution is 5.83. The van der Waals surface area contributed by atoms with Gasteiger partial charge in [-0.3, -0.25) is 4.79 Å². The number of benzene rings is 1. The molecule has 104 valence electrons. The number of carbonyl (C=O) groups is 1. The average Bonchev–Trinajstić information content (AvgIpc) is 2.37. The zero-order valence-electron chi connectivity index (χ0n) is 11.5. The number of oxime groups is 1. The zero-order chi connectivity index (χ0) is 14.3. The number of hydrogen-bond acceptors (Lipinski definition) is 4. The Morgan fingerprint density at radius 3 is 2.53 bits per heavy atom. The topological polar surface area (TPSA) is 70.9 Å². The van der Waals surface area contributed by atoms with Crippen LogP contribution in [0.3, 0.4) is 0 Å². The molecule has 0 saturated heterocycles. The van der Waals surface area contributed by atoms with Crippen molar-refractivity contribution in [2.75, 3.05) is 6.61 Å². The summed E-state index contributed by atoms with van der Waals surface area (Å²) in [6, 6.07) is 7.46. The molecular weight excluding hydrogens is 244 g/mol. The Bertz CT molecular complexity index is 439. The van der Waals surface area contributed by atoms with Crippen molar-refractivity contribution < 1.29 is 14.7 Å². The lowest BCUT2D eigenvalue weighted by Crippen LogP contribution is -2.34. The Balaban J connectivity index is 2.46. The lowest BCUT2D eigenvalue weighted by molar-refractivity contribution is -0.123. The van der Waals surface area contributed by atoms with E-state index in [1.807, 2.05) is 26.0 Å². The van der Waals surface area contributed by atoms with Gasteiger partial charge in [0.15, 0.2) is 6.61 Å². The largest absolute Gasteiger partial charge is 0.484 e. The van der Waals surface area contributed by atoms with E-state index in [2.05, 4.69) is 10.5 Å². The van der Waals surface area contributed by atoms with Crippen LogP contribution >= 0.6 is 0 Å². The minimum Gasteiger partial charge on any atom is -0.484 e. The standard InChI is InChI=1S/C14H20N2O3/c1-10(2)15-14(17)9-19-13-6-4-12(5-7-13)8-11(3)16-18/h4-7,10,18H,8-9H2,1-3H3,(H,15,17)/b16-11+. The highest BCUT2D eigenvalue weighted by Gasteiger charge is 2.04. The van der Waals surface area contributed by atoms with E-state index in [9.17, 15) is 4.79 Å². The molecule has 5 nitrogen and oxygen atoms in total.